The first-order chi connectivity index (χ1) is 11.6. The van der Waals surface area contributed by atoms with E-state index in [-0.39, 0.29) is 23.8 Å². The van der Waals surface area contributed by atoms with Crippen molar-refractivity contribution in [2.24, 2.45) is 0 Å². The number of aromatic amines is 1. The van der Waals surface area contributed by atoms with E-state index in [2.05, 4.69) is 38.1 Å². The van der Waals surface area contributed by atoms with Gasteiger partial charge in [0.15, 0.2) is 0 Å². The summed E-state index contributed by atoms with van der Waals surface area (Å²) in [5.41, 5.74) is 2.21. The molecule has 1 aromatic heterocycles. The Bertz CT molecular complexity index is 715. The second kappa shape index (κ2) is 7.20. The van der Waals surface area contributed by atoms with Gasteiger partial charge in [-0.15, -0.1) is 5.10 Å². The van der Waals surface area contributed by atoms with E-state index in [1.165, 1.54) is 0 Å². The number of anilines is 1. The maximum Gasteiger partial charge on any atom is 0.269 e. The molecule has 1 aromatic carbocycles. The Morgan fingerprint density at radius 2 is 2.29 bits per heavy atom. The molecular formula is C16H20N6O2. The molecule has 2 amide bonds. The van der Waals surface area contributed by atoms with E-state index in [9.17, 15) is 9.59 Å². The summed E-state index contributed by atoms with van der Waals surface area (Å²) < 4.78 is 0. The fraction of sp³-hybridized carbons (Fsp3) is 0.438. The fourth-order valence-corrected chi connectivity index (χ4v) is 3.11. The van der Waals surface area contributed by atoms with Crippen LogP contribution < -0.4 is 5.32 Å². The summed E-state index contributed by atoms with van der Waals surface area (Å²) >= 11 is 0. The molecule has 8 heteroatoms. The number of carbonyl (C=O) groups is 2. The number of nitrogens with zero attached hydrogens (tertiary/aromatic N) is 4. The summed E-state index contributed by atoms with van der Waals surface area (Å²) in [6, 6.07) is 8.27. The summed E-state index contributed by atoms with van der Waals surface area (Å²) in [5.74, 6) is 0.132. The minimum Gasteiger partial charge on any atom is -0.336 e. The molecule has 8 nitrogen and oxygen atoms in total. The highest BCUT2D eigenvalue weighted by Gasteiger charge is 2.27. The third-order valence-corrected chi connectivity index (χ3v) is 4.23. The summed E-state index contributed by atoms with van der Waals surface area (Å²) in [6.45, 7) is 2.43. The Balaban J connectivity index is 1.61. The second-order valence-electron chi connectivity index (χ2n) is 5.90. The van der Waals surface area contributed by atoms with E-state index in [1.54, 1.807) is 6.92 Å². The molecule has 1 aliphatic heterocycles. The van der Waals surface area contributed by atoms with Crippen LogP contribution in [0.15, 0.2) is 24.3 Å². The highest BCUT2D eigenvalue weighted by atomic mass is 16.2. The number of benzene rings is 1. The van der Waals surface area contributed by atoms with Crippen LogP contribution in [-0.2, 0) is 16.0 Å². The first kappa shape index (κ1) is 16.1. The molecular weight excluding hydrogens is 308 g/mol. The molecule has 0 saturated carbocycles. The lowest BCUT2D eigenvalue weighted by molar-refractivity contribution is -0.129. The fourth-order valence-electron chi connectivity index (χ4n) is 3.11. The van der Waals surface area contributed by atoms with Crippen molar-refractivity contribution < 1.29 is 9.59 Å². The number of aromatic nitrogens is 4. The number of hydrogen-bond acceptors (Lipinski definition) is 5. The Kier molecular flexibility index (Phi) is 4.83. The molecule has 1 aliphatic rings. The number of rotatable bonds is 5. The van der Waals surface area contributed by atoms with Crippen LogP contribution in [0.3, 0.4) is 0 Å². The van der Waals surface area contributed by atoms with E-state index in [0.29, 0.717) is 12.8 Å². The molecule has 2 aromatic rings. The van der Waals surface area contributed by atoms with Gasteiger partial charge in [-0.3, -0.25) is 14.9 Å². The molecule has 1 fully saturated rings. The van der Waals surface area contributed by atoms with Gasteiger partial charge in [0.25, 0.3) is 5.95 Å². The van der Waals surface area contributed by atoms with Gasteiger partial charge in [-0.1, -0.05) is 29.4 Å². The highest BCUT2D eigenvalue weighted by molar-refractivity contribution is 5.88. The van der Waals surface area contributed by atoms with Gasteiger partial charge in [0.1, 0.15) is 0 Å². The molecule has 24 heavy (non-hydrogen) atoms. The topological polar surface area (TPSA) is 104 Å². The van der Waals surface area contributed by atoms with Crippen LogP contribution in [0, 0.1) is 0 Å². The van der Waals surface area contributed by atoms with Gasteiger partial charge in [0, 0.05) is 19.9 Å². The van der Waals surface area contributed by atoms with Crippen molar-refractivity contribution in [3.63, 3.8) is 0 Å². The SMILES string of the molecule is CC(=O)N1CCCC1c1cccc(CCC(=O)Nc2nn[nH]n2)c1. The van der Waals surface area contributed by atoms with Gasteiger partial charge in [0.05, 0.1) is 6.04 Å². The smallest absolute Gasteiger partial charge is 0.269 e. The molecule has 0 spiro atoms. The average molecular weight is 328 g/mol. The number of tetrazole rings is 1. The number of hydrogen-bond donors (Lipinski definition) is 2. The molecule has 2 N–H and O–H groups in total. The normalized spacial score (nSPS) is 17.0. The second-order valence-corrected chi connectivity index (χ2v) is 5.90. The highest BCUT2D eigenvalue weighted by Crippen LogP contribution is 2.32. The number of H-pyrrole nitrogens is 1. The van der Waals surface area contributed by atoms with Crippen molar-refractivity contribution >= 4 is 17.8 Å². The zero-order valence-corrected chi connectivity index (χ0v) is 13.5. The number of aryl methyl sites for hydroxylation is 1. The Morgan fingerprint density at radius 3 is 3.04 bits per heavy atom. The van der Waals surface area contributed by atoms with E-state index < -0.39 is 0 Å². The predicted molar refractivity (Wildman–Crippen MR) is 86.9 cm³/mol. The van der Waals surface area contributed by atoms with Crippen LogP contribution in [0.4, 0.5) is 5.95 Å². The van der Waals surface area contributed by atoms with Gasteiger partial charge in [-0.05, 0) is 35.6 Å². The van der Waals surface area contributed by atoms with Crippen molar-refractivity contribution in [2.75, 3.05) is 11.9 Å². The quantitative estimate of drug-likeness (QED) is 0.864. The monoisotopic (exact) mass is 328 g/mol. The summed E-state index contributed by atoms with van der Waals surface area (Å²) in [7, 11) is 0. The third kappa shape index (κ3) is 3.76. The van der Waals surface area contributed by atoms with Crippen molar-refractivity contribution in [1.82, 2.24) is 25.5 Å². The number of amides is 2. The lowest BCUT2D eigenvalue weighted by atomic mass is 9.99. The largest absolute Gasteiger partial charge is 0.336 e. The van der Waals surface area contributed by atoms with Crippen LogP contribution >= 0.6 is 0 Å². The van der Waals surface area contributed by atoms with Gasteiger partial charge in [-0.25, -0.2) is 0 Å². The maximum atomic E-state index is 11.9. The molecule has 3 rings (SSSR count). The van der Waals surface area contributed by atoms with Gasteiger partial charge >= 0.3 is 0 Å². The predicted octanol–water partition coefficient (Wildman–Crippen LogP) is 1.45. The lowest BCUT2D eigenvalue weighted by Gasteiger charge is -2.24. The van der Waals surface area contributed by atoms with Crippen molar-refractivity contribution in [3.8, 4) is 0 Å². The van der Waals surface area contributed by atoms with Crippen LogP contribution in [0.5, 0.6) is 0 Å². The van der Waals surface area contributed by atoms with E-state index in [1.807, 2.05) is 17.0 Å². The van der Waals surface area contributed by atoms with Gasteiger partial charge < -0.3 is 4.90 Å². The first-order valence-corrected chi connectivity index (χ1v) is 8.03. The minimum atomic E-state index is -0.159. The average Bonchev–Trinajstić information content (AvgIpc) is 3.24. The van der Waals surface area contributed by atoms with E-state index in [0.717, 1.165) is 30.5 Å². The van der Waals surface area contributed by atoms with Crippen LogP contribution in [0.25, 0.3) is 0 Å². The zero-order chi connectivity index (χ0) is 16.9. The Hall–Kier alpha value is -2.77. The third-order valence-electron chi connectivity index (χ3n) is 4.23. The molecule has 1 saturated heterocycles. The van der Waals surface area contributed by atoms with Crippen LogP contribution in [0.1, 0.15) is 43.4 Å². The maximum absolute atomic E-state index is 11.9. The van der Waals surface area contributed by atoms with Crippen molar-refractivity contribution in [2.45, 2.75) is 38.6 Å². The summed E-state index contributed by atoms with van der Waals surface area (Å²) in [6.07, 6.45) is 2.96. The number of nitrogens with one attached hydrogen (secondary N) is 2. The summed E-state index contributed by atoms with van der Waals surface area (Å²) in [5, 5.41) is 15.6. The molecule has 2 heterocycles. The minimum absolute atomic E-state index is 0.113. The van der Waals surface area contributed by atoms with Crippen molar-refractivity contribution in [1.29, 1.82) is 0 Å². The first-order valence-electron chi connectivity index (χ1n) is 8.03. The zero-order valence-electron chi connectivity index (χ0n) is 13.5. The molecule has 0 bridgehead atoms. The molecule has 0 aliphatic carbocycles. The molecule has 1 atom stereocenters. The van der Waals surface area contributed by atoms with Crippen LogP contribution in [0.2, 0.25) is 0 Å². The van der Waals surface area contributed by atoms with E-state index in [4.69, 9.17) is 0 Å². The number of carbonyl (C=O) groups excluding carboxylic acids is 2. The number of likely N-dealkylation sites (tertiary alicyclic amines) is 1. The van der Waals surface area contributed by atoms with Gasteiger partial charge in [-0.2, -0.15) is 5.21 Å². The summed E-state index contributed by atoms with van der Waals surface area (Å²) in [4.78, 5) is 25.5. The Morgan fingerprint density at radius 1 is 1.42 bits per heavy atom. The lowest BCUT2D eigenvalue weighted by Crippen LogP contribution is -2.28. The van der Waals surface area contributed by atoms with Crippen LogP contribution in [-0.4, -0.2) is 43.9 Å². The molecule has 0 radical (unpaired) electrons. The van der Waals surface area contributed by atoms with E-state index >= 15 is 0 Å². The standard InChI is InChI=1S/C16H20N6O2/c1-11(23)22-9-3-6-14(22)13-5-2-4-12(10-13)7-8-15(24)17-16-18-20-21-19-16/h2,4-5,10,14H,3,6-9H2,1H3,(H2,17,18,19,20,21,24). The Labute approximate surface area is 139 Å². The molecule has 126 valence electrons. The molecule has 1 unspecified atom stereocenters. The van der Waals surface area contributed by atoms with Crippen molar-refractivity contribution in [3.05, 3.63) is 35.4 Å². The van der Waals surface area contributed by atoms with Gasteiger partial charge in [0.2, 0.25) is 11.8 Å².